The molecule has 0 fully saturated rings. The molecule has 1 aromatic carbocycles. The van der Waals surface area contributed by atoms with E-state index in [2.05, 4.69) is 0 Å². The van der Waals surface area contributed by atoms with Crippen molar-refractivity contribution in [3.63, 3.8) is 0 Å². The number of carbonyl (C=O) groups excluding carboxylic acids is 2. The summed E-state index contributed by atoms with van der Waals surface area (Å²) in [5, 5.41) is -0.00986. The van der Waals surface area contributed by atoms with E-state index in [4.69, 9.17) is 21.7 Å². The van der Waals surface area contributed by atoms with Crippen LogP contribution in [0.4, 0.5) is 0 Å². The van der Waals surface area contributed by atoms with E-state index in [1.807, 2.05) is 0 Å². The first kappa shape index (κ1) is 12.3. The van der Waals surface area contributed by atoms with E-state index in [0.717, 1.165) is 0 Å². The highest BCUT2D eigenvalue weighted by Crippen LogP contribution is 2.19. The lowest BCUT2D eigenvalue weighted by Crippen LogP contribution is -2.11. The van der Waals surface area contributed by atoms with Crippen LogP contribution in [0.15, 0.2) is 24.3 Å². The molecule has 0 saturated carbocycles. The van der Waals surface area contributed by atoms with Crippen LogP contribution in [0.5, 0.6) is 5.75 Å². The molecule has 16 heavy (non-hydrogen) atoms. The zero-order valence-electron chi connectivity index (χ0n) is 8.85. The lowest BCUT2D eigenvalue weighted by atomic mass is 10.2. The Morgan fingerprint density at radius 1 is 1.12 bits per heavy atom. The smallest absolute Gasteiger partial charge is 0.308 e. The molecule has 0 N–H and O–H groups in total. The van der Waals surface area contributed by atoms with Crippen molar-refractivity contribution in [1.29, 1.82) is 0 Å². The van der Waals surface area contributed by atoms with Gasteiger partial charge in [-0.25, -0.2) is 0 Å². The van der Waals surface area contributed by atoms with Crippen LogP contribution in [0.2, 0.25) is 0 Å². The van der Waals surface area contributed by atoms with Crippen LogP contribution in [0.25, 0.3) is 0 Å². The lowest BCUT2D eigenvalue weighted by Gasteiger charge is -2.08. The van der Waals surface area contributed by atoms with Gasteiger partial charge in [0.25, 0.3) is 0 Å². The number of carbonyl (C=O) groups is 2. The molecule has 0 heterocycles. The third-order valence-corrected chi connectivity index (χ3v) is 1.90. The van der Waals surface area contributed by atoms with Crippen molar-refractivity contribution in [1.82, 2.24) is 0 Å². The molecule has 0 amide bonds. The van der Waals surface area contributed by atoms with Gasteiger partial charge in [0.15, 0.2) is 0 Å². The number of rotatable bonds is 2. The van der Waals surface area contributed by atoms with Crippen molar-refractivity contribution in [2.75, 3.05) is 0 Å². The number of para-hydroxylation sites is 1. The fourth-order valence-electron chi connectivity index (χ4n) is 1.06. The van der Waals surface area contributed by atoms with E-state index in [-0.39, 0.29) is 10.8 Å². The van der Waals surface area contributed by atoms with Crippen LogP contribution in [-0.4, -0.2) is 17.0 Å². The first-order valence-corrected chi connectivity index (χ1v) is 4.91. The number of hydrogen-bond donors (Lipinski definition) is 0. The number of ether oxygens (including phenoxy) is 2. The largest absolute Gasteiger partial charge is 0.426 e. The average Bonchev–Trinajstić information content (AvgIpc) is 2.16. The molecule has 0 radical (unpaired) electrons. The van der Waals surface area contributed by atoms with Crippen LogP contribution in [0.3, 0.4) is 0 Å². The molecule has 0 bridgehead atoms. The summed E-state index contributed by atoms with van der Waals surface area (Å²) in [6, 6.07) is 6.59. The van der Waals surface area contributed by atoms with E-state index in [1.165, 1.54) is 13.8 Å². The molecule has 4 nitrogen and oxygen atoms in total. The fourth-order valence-corrected chi connectivity index (χ4v) is 1.35. The molecule has 0 unspecified atom stereocenters. The van der Waals surface area contributed by atoms with Gasteiger partial charge in [0.2, 0.25) is 5.05 Å². The van der Waals surface area contributed by atoms with Gasteiger partial charge in [0.1, 0.15) is 5.75 Å². The lowest BCUT2D eigenvalue weighted by molar-refractivity contribution is -0.133. The summed E-state index contributed by atoms with van der Waals surface area (Å²) in [5.74, 6) is -0.693. The Morgan fingerprint density at radius 3 is 2.31 bits per heavy atom. The summed E-state index contributed by atoms with van der Waals surface area (Å²) in [4.78, 5) is 21.6. The van der Waals surface area contributed by atoms with E-state index in [1.54, 1.807) is 24.3 Å². The summed E-state index contributed by atoms with van der Waals surface area (Å²) >= 11 is 4.90. The molecular weight excluding hydrogens is 228 g/mol. The van der Waals surface area contributed by atoms with Gasteiger partial charge in [0.05, 0.1) is 5.56 Å². The van der Waals surface area contributed by atoms with Gasteiger partial charge in [-0.05, 0) is 24.4 Å². The number of hydrogen-bond acceptors (Lipinski definition) is 5. The predicted molar refractivity (Wildman–Crippen MR) is 61.2 cm³/mol. The van der Waals surface area contributed by atoms with Gasteiger partial charge in [-0.3, -0.25) is 9.59 Å². The Balaban J connectivity index is 2.98. The van der Waals surface area contributed by atoms with Gasteiger partial charge in [-0.15, -0.1) is 0 Å². The van der Waals surface area contributed by atoms with Crippen molar-refractivity contribution in [3.05, 3.63) is 29.8 Å². The van der Waals surface area contributed by atoms with Crippen LogP contribution in [0.1, 0.15) is 19.4 Å². The Morgan fingerprint density at radius 2 is 1.75 bits per heavy atom. The van der Waals surface area contributed by atoms with Crippen molar-refractivity contribution >= 4 is 29.2 Å². The zero-order valence-corrected chi connectivity index (χ0v) is 9.67. The second kappa shape index (κ2) is 5.37. The highest BCUT2D eigenvalue weighted by Gasteiger charge is 2.12. The Kier molecular flexibility index (Phi) is 4.13. The van der Waals surface area contributed by atoms with E-state index in [9.17, 15) is 9.59 Å². The Labute approximate surface area is 98.2 Å². The molecule has 0 atom stereocenters. The molecule has 0 aliphatic heterocycles. The summed E-state index contributed by atoms with van der Waals surface area (Å²) < 4.78 is 9.69. The normalized spacial score (nSPS) is 9.38. The average molecular weight is 238 g/mol. The van der Waals surface area contributed by atoms with Crippen LogP contribution >= 0.6 is 12.2 Å². The second-order valence-corrected chi connectivity index (χ2v) is 3.34. The van der Waals surface area contributed by atoms with E-state index < -0.39 is 11.9 Å². The highest BCUT2D eigenvalue weighted by molar-refractivity contribution is 7.80. The molecule has 0 aliphatic carbocycles. The molecule has 0 spiro atoms. The molecule has 0 aromatic heterocycles. The maximum absolute atomic E-state index is 10.8. The number of thiocarbonyl (C=S) groups is 1. The molecule has 0 aliphatic rings. The topological polar surface area (TPSA) is 52.6 Å². The third-order valence-electron chi connectivity index (χ3n) is 1.60. The third kappa shape index (κ3) is 3.43. The molecule has 84 valence electrons. The van der Waals surface area contributed by atoms with Gasteiger partial charge >= 0.3 is 11.9 Å². The highest BCUT2D eigenvalue weighted by atomic mass is 32.1. The SMILES string of the molecule is CC(=O)OC(=S)c1ccccc1OC(C)=O. The monoisotopic (exact) mass is 238 g/mol. The minimum atomic E-state index is -0.511. The summed E-state index contributed by atoms with van der Waals surface area (Å²) in [5.41, 5.74) is 0.405. The molecule has 1 aromatic rings. The minimum Gasteiger partial charge on any atom is -0.426 e. The van der Waals surface area contributed by atoms with Crippen molar-refractivity contribution in [2.24, 2.45) is 0 Å². The molecule has 5 heteroatoms. The van der Waals surface area contributed by atoms with Crippen molar-refractivity contribution in [3.8, 4) is 5.75 Å². The summed E-state index contributed by atoms with van der Waals surface area (Å²) in [6.07, 6.45) is 0. The first-order valence-electron chi connectivity index (χ1n) is 4.51. The minimum absolute atomic E-state index is 0.00986. The Bertz CT molecular complexity index is 439. The maximum Gasteiger partial charge on any atom is 0.308 e. The fraction of sp³-hybridized carbons (Fsp3) is 0.182. The van der Waals surface area contributed by atoms with Gasteiger partial charge in [0, 0.05) is 13.8 Å². The standard InChI is InChI=1S/C11H10O4S/c1-7(12)14-10-6-4-3-5-9(10)11(16)15-8(2)13/h3-6H,1-2H3. The van der Waals surface area contributed by atoms with E-state index in [0.29, 0.717) is 5.56 Å². The Hall–Kier alpha value is -1.75. The summed E-state index contributed by atoms with van der Waals surface area (Å²) in [7, 11) is 0. The first-order chi connectivity index (χ1) is 7.50. The second-order valence-electron chi connectivity index (χ2n) is 2.97. The van der Waals surface area contributed by atoms with Gasteiger partial charge in [-0.1, -0.05) is 12.1 Å². The maximum atomic E-state index is 10.8. The van der Waals surface area contributed by atoms with Crippen LogP contribution in [-0.2, 0) is 14.3 Å². The molecule has 1 rings (SSSR count). The summed E-state index contributed by atoms with van der Waals surface area (Å²) in [6.45, 7) is 2.53. The van der Waals surface area contributed by atoms with Gasteiger partial charge in [-0.2, -0.15) is 0 Å². The molecular formula is C11H10O4S. The number of esters is 2. The quantitative estimate of drug-likeness (QED) is 0.447. The predicted octanol–water partition coefficient (Wildman–Crippen LogP) is 1.85. The van der Waals surface area contributed by atoms with Crippen molar-refractivity contribution < 1.29 is 19.1 Å². The zero-order chi connectivity index (χ0) is 12.1. The van der Waals surface area contributed by atoms with Crippen molar-refractivity contribution in [2.45, 2.75) is 13.8 Å². The van der Waals surface area contributed by atoms with E-state index >= 15 is 0 Å². The van der Waals surface area contributed by atoms with Gasteiger partial charge < -0.3 is 9.47 Å². The number of benzene rings is 1. The molecule has 0 saturated heterocycles. The van der Waals surface area contributed by atoms with Crippen LogP contribution < -0.4 is 4.74 Å². The van der Waals surface area contributed by atoms with Crippen LogP contribution in [0, 0.1) is 0 Å².